The molecule has 0 radical (unpaired) electrons. The Hall–Kier alpha value is -3.15. The van der Waals surface area contributed by atoms with E-state index in [2.05, 4.69) is 15.3 Å². The number of para-hydroxylation sites is 1. The zero-order valence-electron chi connectivity index (χ0n) is 12.9. The van der Waals surface area contributed by atoms with E-state index in [4.69, 9.17) is 4.74 Å². The van der Waals surface area contributed by atoms with Gasteiger partial charge < -0.3 is 15.2 Å². The summed E-state index contributed by atoms with van der Waals surface area (Å²) in [6, 6.07) is 12.3. The standard InChI is InChI=1S/C17H17N3O3/c1-12(21)15(17(22)20-13-6-4-3-5-7-13)11-18-14-8-9-16(23-2)19-10-14/h3-11,21H,1-2H3,(H,20,22)/b15-12+,18-11?. The molecule has 0 bridgehead atoms. The molecule has 0 aliphatic rings. The molecule has 1 aromatic heterocycles. The van der Waals surface area contributed by atoms with E-state index in [0.29, 0.717) is 17.3 Å². The lowest BCUT2D eigenvalue weighted by molar-refractivity contribution is -0.112. The molecule has 2 rings (SSSR count). The van der Waals surface area contributed by atoms with Gasteiger partial charge in [-0.15, -0.1) is 0 Å². The Kier molecular flexibility index (Phi) is 5.46. The quantitative estimate of drug-likeness (QED) is 0.504. The Labute approximate surface area is 134 Å². The summed E-state index contributed by atoms with van der Waals surface area (Å²) in [4.78, 5) is 20.4. The van der Waals surface area contributed by atoms with Crippen LogP contribution in [0.4, 0.5) is 11.4 Å². The summed E-state index contributed by atoms with van der Waals surface area (Å²) in [7, 11) is 1.52. The zero-order valence-corrected chi connectivity index (χ0v) is 12.9. The van der Waals surface area contributed by atoms with E-state index in [1.54, 1.807) is 24.3 Å². The molecule has 6 heteroatoms. The van der Waals surface area contributed by atoms with Gasteiger partial charge in [0.15, 0.2) is 0 Å². The predicted molar refractivity (Wildman–Crippen MR) is 89.3 cm³/mol. The lowest BCUT2D eigenvalue weighted by atomic mass is 10.2. The first kappa shape index (κ1) is 16.2. The van der Waals surface area contributed by atoms with Crippen LogP contribution in [-0.2, 0) is 4.79 Å². The highest BCUT2D eigenvalue weighted by Gasteiger charge is 2.11. The Morgan fingerprint density at radius 1 is 1.26 bits per heavy atom. The molecule has 1 amide bonds. The summed E-state index contributed by atoms with van der Waals surface area (Å²) in [5.74, 6) is -0.0926. The van der Waals surface area contributed by atoms with Crippen molar-refractivity contribution in [3.8, 4) is 5.88 Å². The minimum absolute atomic E-state index is 0.0738. The van der Waals surface area contributed by atoms with Crippen LogP contribution < -0.4 is 10.1 Å². The third-order valence-electron chi connectivity index (χ3n) is 2.94. The highest BCUT2D eigenvalue weighted by molar-refractivity contribution is 6.18. The number of amides is 1. The molecule has 1 aromatic carbocycles. The molecule has 0 fully saturated rings. The van der Waals surface area contributed by atoms with Crippen LogP contribution in [0.3, 0.4) is 0 Å². The molecule has 0 aliphatic heterocycles. The fourth-order valence-corrected chi connectivity index (χ4v) is 1.74. The molecule has 0 aliphatic carbocycles. The summed E-state index contributed by atoms with van der Waals surface area (Å²) in [6.07, 6.45) is 2.81. The van der Waals surface area contributed by atoms with Crippen molar-refractivity contribution in [1.82, 2.24) is 4.98 Å². The van der Waals surface area contributed by atoms with Gasteiger partial charge in [-0.3, -0.25) is 9.79 Å². The van der Waals surface area contributed by atoms with Crippen molar-refractivity contribution >= 4 is 23.5 Å². The number of allylic oxidation sites excluding steroid dienone is 1. The molecule has 2 aromatic rings. The average molecular weight is 311 g/mol. The molecule has 2 N–H and O–H groups in total. The van der Waals surface area contributed by atoms with Gasteiger partial charge in [-0.1, -0.05) is 18.2 Å². The highest BCUT2D eigenvalue weighted by Crippen LogP contribution is 2.15. The van der Waals surface area contributed by atoms with Crippen LogP contribution in [0.1, 0.15) is 6.92 Å². The number of nitrogens with zero attached hydrogens (tertiary/aromatic N) is 2. The number of carbonyl (C=O) groups excluding carboxylic acids is 1. The zero-order chi connectivity index (χ0) is 16.7. The fourth-order valence-electron chi connectivity index (χ4n) is 1.74. The third kappa shape index (κ3) is 4.67. The van der Waals surface area contributed by atoms with E-state index in [-0.39, 0.29) is 11.3 Å². The molecular weight excluding hydrogens is 294 g/mol. The van der Waals surface area contributed by atoms with Gasteiger partial charge in [0.05, 0.1) is 24.6 Å². The van der Waals surface area contributed by atoms with Crippen LogP contribution in [0.5, 0.6) is 5.88 Å². The molecule has 6 nitrogen and oxygen atoms in total. The first-order chi connectivity index (χ1) is 11.1. The molecule has 0 atom stereocenters. The van der Waals surface area contributed by atoms with Crippen LogP contribution in [0.2, 0.25) is 0 Å². The molecule has 1 heterocycles. The van der Waals surface area contributed by atoms with Crippen molar-refractivity contribution in [2.75, 3.05) is 12.4 Å². The van der Waals surface area contributed by atoms with Crippen LogP contribution in [-0.4, -0.2) is 29.3 Å². The van der Waals surface area contributed by atoms with E-state index in [1.807, 2.05) is 18.2 Å². The Balaban J connectivity index is 2.13. The van der Waals surface area contributed by atoms with Crippen LogP contribution in [0.15, 0.2) is 65.0 Å². The summed E-state index contributed by atoms with van der Waals surface area (Å²) >= 11 is 0. The molecule has 0 spiro atoms. The lowest BCUT2D eigenvalue weighted by Crippen LogP contribution is -2.16. The number of pyridine rings is 1. The number of aliphatic hydroxyl groups is 1. The monoisotopic (exact) mass is 311 g/mol. The van der Waals surface area contributed by atoms with Gasteiger partial charge in [0.25, 0.3) is 5.91 Å². The number of hydrogen-bond donors (Lipinski definition) is 2. The maximum atomic E-state index is 12.2. The number of anilines is 1. The Morgan fingerprint density at radius 2 is 2.00 bits per heavy atom. The number of benzene rings is 1. The maximum absolute atomic E-state index is 12.2. The summed E-state index contributed by atoms with van der Waals surface area (Å²) in [6.45, 7) is 1.43. The average Bonchev–Trinajstić information content (AvgIpc) is 2.56. The first-order valence-corrected chi connectivity index (χ1v) is 6.90. The number of aliphatic hydroxyl groups excluding tert-OH is 1. The van der Waals surface area contributed by atoms with Gasteiger partial charge in [-0.05, 0) is 25.1 Å². The summed E-state index contributed by atoms with van der Waals surface area (Å²) in [5.41, 5.74) is 1.25. The van der Waals surface area contributed by atoms with Crippen molar-refractivity contribution < 1.29 is 14.6 Å². The van der Waals surface area contributed by atoms with E-state index in [9.17, 15) is 9.90 Å². The second kappa shape index (κ2) is 7.74. The minimum atomic E-state index is -0.443. The van der Waals surface area contributed by atoms with E-state index < -0.39 is 5.91 Å². The first-order valence-electron chi connectivity index (χ1n) is 6.90. The van der Waals surface area contributed by atoms with Gasteiger partial charge in [0.2, 0.25) is 5.88 Å². The second-order valence-corrected chi connectivity index (χ2v) is 4.64. The lowest BCUT2D eigenvalue weighted by Gasteiger charge is -2.06. The van der Waals surface area contributed by atoms with Crippen molar-refractivity contribution in [1.29, 1.82) is 0 Å². The van der Waals surface area contributed by atoms with Gasteiger partial charge in [-0.25, -0.2) is 4.98 Å². The fraction of sp³-hybridized carbons (Fsp3) is 0.118. The summed E-state index contributed by atoms with van der Waals surface area (Å²) in [5, 5.41) is 12.4. The molecular formula is C17H17N3O3. The topological polar surface area (TPSA) is 83.8 Å². The van der Waals surface area contributed by atoms with Crippen molar-refractivity contribution in [2.45, 2.75) is 6.92 Å². The SMILES string of the molecule is COc1ccc(N=C/C(C(=O)Nc2ccccc2)=C(/C)O)cn1. The molecule has 0 saturated heterocycles. The predicted octanol–water partition coefficient (Wildman–Crippen LogP) is 3.26. The number of rotatable bonds is 5. The number of aromatic nitrogens is 1. The molecule has 0 saturated carbocycles. The third-order valence-corrected chi connectivity index (χ3v) is 2.94. The van der Waals surface area contributed by atoms with Crippen LogP contribution >= 0.6 is 0 Å². The highest BCUT2D eigenvalue weighted by atomic mass is 16.5. The number of carbonyl (C=O) groups is 1. The number of nitrogens with one attached hydrogen (secondary N) is 1. The van der Waals surface area contributed by atoms with Crippen molar-refractivity contribution in [3.05, 3.63) is 60.0 Å². The van der Waals surface area contributed by atoms with Gasteiger partial charge in [-0.2, -0.15) is 0 Å². The second-order valence-electron chi connectivity index (χ2n) is 4.64. The smallest absolute Gasteiger partial charge is 0.260 e. The van der Waals surface area contributed by atoms with Crippen molar-refractivity contribution in [3.63, 3.8) is 0 Å². The van der Waals surface area contributed by atoms with E-state index >= 15 is 0 Å². The number of methoxy groups -OCH3 is 1. The van der Waals surface area contributed by atoms with Crippen LogP contribution in [0.25, 0.3) is 0 Å². The number of aliphatic imine (C=N–C) groups is 1. The Bertz CT molecular complexity index is 719. The normalized spacial score (nSPS) is 11.9. The van der Waals surface area contributed by atoms with E-state index in [1.165, 1.54) is 26.4 Å². The van der Waals surface area contributed by atoms with Gasteiger partial charge in [0, 0.05) is 18.0 Å². The maximum Gasteiger partial charge on any atom is 0.260 e. The minimum Gasteiger partial charge on any atom is -0.512 e. The van der Waals surface area contributed by atoms with Gasteiger partial charge >= 0.3 is 0 Å². The molecule has 118 valence electrons. The largest absolute Gasteiger partial charge is 0.512 e. The molecule has 0 unspecified atom stereocenters. The number of ether oxygens (including phenoxy) is 1. The van der Waals surface area contributed by atoms with E-state index in [0.717, 1.165) is 0 Å². The van der Waals surface area contributed by atoms with Gasteiger partial charge in [0.1, 0.15) is 5.76 Å². The summed E-state index contributed by atoms with van der Waals surface area (Å²) < 4.78 is 4.96. The molecule has 23 heavy (non-hydrogen) atoms. The number of hydrogen-bond acceptors (Lipinski definition) is 5. The van der Waals surface area contributed by atoms with Crippen molar-refractivity contribution in [2.24, 2.45) is 4.99 Å². The Morgan fingerprint density at radius 3 is 2.57 bits per heavy atom. The van der Waals surface area contributed by atoms with Crippen LogP contribution in [0, 0.1) is 0 Å².